The van der Waals surface area contributed by atoms with Crippen LogP contribution in [-0.2, 0) is 6.54 Å². The van der Waals surface area contributed by atoms with Gasteiger partial charge >= 0.3 is 0 Å². The Morgan fingerprint density at radius 2 is 2.14 bits per heavy atom. The Balaban J connectivity index is 1.99. The molecule has 1 N–H and O–H groups in total. The molecule has 1 aliphatic rings. The molecule has 114 valence electrons. The maximum atomic E-state index is 6.15. The highest BCUT2D eigenvalue weighted by Crippen LogP contribution is 2.48. The molecule has 1 heterocycles. The second-order valence-corrected chi connectivity index (χ2v) is 7.08. The van der Waals surface area contributed by atoms with Crippen LogP contribution in [0.4, 0.5) is 0 Å². The van der Waals surface area contributed by atoms with Crippen LogP contribution in [0.2, 0.25) is 0 Å². The molecule has 0 spiro atoms. The monoisotopic (exact) mass is 351 g/mol. The highest BCUT2D eigenvalue weighted by atomic mass is 79.9. The standard InChI is InChI=1S/C17H22BrNO2/c1-10(2)8-19-9-15-16(11-4-5-11)13-6-12(20-3)7-14(18)17(13)21-15/h6-7,10-11,19H,4-5,8-9H2,1-3H3. The molecule has 3 nitrogen and oxygen atoms in total. The molecule has 1 saturated carbocycles. The summed E-state index contributed by atoms with van der Waals surface area (Å²) in [5, 5.41) is 4.69. The van der Waals surface area contributed by atoms with Gasteiger partial charge in [0, 0.05) is 10.9 Å². The first-order valence-electron chi connectivity index (χ1n) is 7.59. The van der Waals surface area contributed by atoms with Gasteiger partial charge in [0.1, 0.15) is 17.1 Å². The Morgan fingerprint density at radius 3 is 2.76 bits per heavy atom. The average molecular weight is 352 g/mol. The van der Waals surface area contributed by atoms with E-state index >= 15 is 0 Å². The Hall–Kier alpha value is -1.00. The van der Waals surface area contributed by atoms with Crippen LogP contribution in [0.1, 0.15) is 43.9 Å². The van der Waals surface area contributed by atoms with Crippen LogP contribution < -0.4 is 10.1 Å². The van der Waals surface area contributed by atoms with E-state index in [9.17, 15) is 0 Å². The maximum absolute atomic E-state index is 6.15. The van der Waals surface area contributed by atoms with E-state index in [-0.39, 0.29) is 0 Å². The van der Waals surface area contributed by atoms with Crippen molar-refractivity contribution in [2.24, 2.45) is 5.92 Å². The predicted molar refractivity (Wildman–Crippen MR) is 89.0 cm³/mol. The van der Waals surface area contributed by atoms with E-state index in [0.717, 1.165) is 34.7 Å². The number of rotatable bonds is 6. The first-order valence-corrected chi connectivity index (χ1v) is 8.39. The summed E-state index contributed by atoms with van der Waals surface area (Å²) in [6, 6.07) is 4.07. The molecular weight excluding hydrogens is 330 g/mol. The van der Waals surface area contributed by atoms with E-state index < -0.39 is 0 Å². The fourth-order valence-electron chi connectivity index (χ4n) is 2.74. The summed E-state index contributed by atoms with van der Waals surface area (Å²) in [5.74, 6) is 3.26. The average Bonchev–Trinajstić information content (AvgIpc) is 3.20. The van der Waals surface area contributed by atoms with Gasteiger partial charge in [-0.05, 0) is 59.3 Å². The molecule has 2 aromatic rings. The second-order valence-electron chi connectivity index (χ2n) is 6.22. The van der Waals surface area contributed by atoms with Crippen molar-refractivity contribution < 1.29 is 9.15 Å². The van der Waals surface area contributed by atoms with E-state index in [4.69, 9.17) is 9.15 Å². The van der Waals surface area contributed by atoms with Crippen LogP contribution in [-0.4, -0.2) is 13.7 Å². The van der Waals surface area contributed by atoms with E-state index in [2.05, 4.69) is 41.2 Å². The van der Waals surface area contributed by atoms with Gasteiger partial charge in [0.25, 0.3) is 0 Å². The highest BCUT2D eigenvalue weighted by Gasteiger charge is 2.31. The fourth-order valence-corrected chi connectivity index (χ4v) is 3.26. The Morgan fingerprint density at radius 1 is 1.38 bits per heavy atom. The lowest BCUT2D eigenvalue weighted by atomic mass is 10.1. The van der Waals surface area contributed by atoms with Gasteiger partial charge < -0.3 is 14.5 Å². The molecule has 4 heteroatoms. The van der Waals surface area contributed by atoms with Crippen molar-refractivity contribution in [1.29, 1.82) is 0 Å². The Bertz CT molecular complexity index is 644. The topological polar surface area (TPSA) is 34.4 Å². The van der Waals surface area contributed by atoms with Crippen LogP contribution in [0.5, 0.6) is 5.75 Å². The third-order valence-corrected chi connectivity index (χ3v) is 4.48. The zero-order valence-electron chi connectivity index (χ0n) is 12.8. The van der Waals surface area contributed by atoms with E-state index in [1.54, 1.807) is 7.11 Å². The van der Waals surface area contributed by atoms with Gasteiger partial charge in [-0.2, -0.15) is 0 Å². The third-order valence-electron chi connectivity index (χ3n) is 3.89. The van der Waals surface area contributed by atoms with Gasteiger partial charge in [0.15, 0.2) is 0 Å². The summed E-state index contributed by atoms with van der Waals surface area (Å²) >= 11 is 3.60. The second kappa shape index (κ2) is 6.01. The summed E-state index contributed by atoms with van der Waals surface area (Å²) < 4.78 is 12.5. The molecule has 0 saturated heterocycles. The van der Waals surface area contributed by atoms with Crippen molar-refractivity contribution in [3.05, 3.63) is 27.9 Å². The number of halogens is 1. The van der Waals surface area contributed by atoms with Crippen molar-refractivity contribution in [2.75, 3.05) is 13.7 Å². The molecule has 0 radical (unpaired) electrons. The normalized spacial score (nSPS) is 15.1. The van der Waals surface area contributed by atoms with Crippen LogP contribution >= 0.6 is 15.9 Å². The van der Waals surface area contributed by atoms with Crippen molar-refractivity contribution in [1.82, 2.24) is 5.32 Å². The highest BCUT2D eigenvalue weighted by molar-refractivity contribution is 9.10. The van der Waals surface area contributed by atoms with Gasteiger partial charge in [-0.1, -0.05) is 13.8 Å². The van der Waals surface area contributed by atoms with Gasteiger partial charge in [-0.3, -0.25) is 0 Å². The number of benzene rings is 1. The lowest BCUT2D eigenvalue weighted by molar-refractivity contribution is 0.415. The summed E-state index contributed by atoms with van der Waals surface area (Å²) in [4.78, 5) is 0. The first-order chi connectivity index (χ1) is 10.1. The predicted octanol–water partition coefficient (Wildman–Crippen LogP) is 4.83. The molecule has 0 amide bonds. The number of fused-ring (bicyclic) bond motifs is 1. The van der Waals surface area contributed by atoms with Crippen LogP contribution in [0, 0.1) is 5.92 Å². The zero-order chi connectivity index (χ0) is 15.0. The minimum atomic E-state index is 0.644. The molecule has 1 aromatic carbocycles. The molecule has 3 rings (SSSR count). The van der Waals surface area contributed by atoms with Crippen molar-refractivity contribution >= 4 is 26.9 Å². The lowest BCUT2D eigenvalue weighted by Crippen LogP contribution is -2.19. The quantitative estimate of drug-likeness (QED) is 0.809. The fraction of sp³-hybridized carbons (Fsp3) is 0.529. The van der Waals surface area contributed by atoms with Crippen LogP contribution in [0.3, 0.4) is 0 Å². The number of ether oxygens (including phenoxy) is 1. The first kappa shape index (κ1) is 14.9. The lowest BCUT2D eigenvalue weighted by Gasteiger charge is -2.07. The van der Waals surface area contributed by atoms with Crippen LogP contribution in [0.15, 0.2) is 21.0 Å². The Kier molecular flexibility index (Phi) is 4.27. The number of methoxy groups -OCH3 is 1. The zero-order valence-corrected chi connectivity index (χ0v) is 14.4. The van der Waals surface area contributed by atoms with Crippen molar-refractivity contribution in [3.63, 3.8) is 0 Å². The molecule has 0 aliphatic heterocycles. The molecular formula is C17H22BrNO2. The molecule has 1 fully saturated rings. The van der Waals surface area contributed by atoms with Crippen molar-refractivity contribution in [3.8, 4) is 5.75 Å². The van der Waals surface area contributed by atoms with Gasteiger partial charge in [0.05, 0.1) is 18.1 Å². The minimum absolute atomic E-state index is 0.644. The number of furan rings is 1. The van der Waals surface area contributed by atoms with Gasteiger partial charge in [-0.15, -0.1) is 0 Å². The third kappa shape index (κ3) is 3.11. The smallest absolute Gasteiger partial charge is 0.149 e. The number of hydrogen-bond acceptors (Lipinski definition) is 3. The molecule has 0 atom stereocenters. The number of hydrogen-bond donors (Lipinski definition) is 1. The van der Waals surface area contributed by atoms with E-state index in [1.807, 2.05) is 6.07 Å². The van der Waals surface area contributed by atoms with Gasteiger partial charge in [-0.25, -0.2) is 0 Å². The molecule has 1 aliphatic carbocycles. The minimum Gasteiger partial charge on any atom is -0.497 e. The summed E-state index contributed by atoms with van der Waals surface area (Å²) in [6.07, 6.45) is 2.53. The van der Waals surface area contributed by atoms with Crippen LogP contribution in [0.25, 0.3) is 11.0 Å². The Labute approximate surface area is 134 Å². The molecule has 0 bridgehead atoms. The molecule has 0 unspecified atom stereocenters. The summed E-state index contributed by atoms with van der Waals surface area (Å²) in [5.41, 5.74) is 2.32. The number of nitrogens with one attached hydrogen (secondary N) is 1. The molecule has 21 heavy (non-hydrogen) atoms. The largest absolute Gasteiger partial charge is 0.497 e. The molecule has 1 aromatic heterocycles. The van der Waals surface area contributed by atoms with Crippen molar-refractivity contribution in [2.45, 2.75) is 39.2 Å². The van der Waals surface area contributed by atoms with E-state index in [0.29, 0.717) is 11.8 Å². The SMILES string of the molecule is COc1cc(Br)c2oc(CNCC(C)C)c(C3CC3)c2c1. The maximum Gasteiger partial charge on any atom is 0.149 e. The van der Waals surface area contributed by atoms with E-state index in [1.165, 1.54) is 23.8 Å². The summed E-state index contributed by atoms with van der Waals surface area (Å²) in [6.45, 7) is 6.24. The summed E-state index contributed by atoms with van der Waals surface area (Å²) in [7, 11) is 1.70. The van der Waals surface area contributed by atoms with Gasteiger partial charge in [0.2, 0.25) is 0 Å².